The van der Waals surface area contributed by atoms with Gasteiger partial charge in [-0.3, -0.25) is 4.79 Å². The number of amides is 1. The fraction of sp³-hybridized carbons (Fsp3) is 0.111. The molecule has 7 nitrogen and oxygen atoms in total. The van der Waals surface area contributed by atoms with Crippen LogP contribution in [-0.4, -0.2) is 38.8 Å². The molecule has 2 aromatic heterocycles. The Balaban J connectivity index is 1.31. The highest BCUT2D eigenvalue weighted by molar-refractivity contribution is 8.00. The number of aromatic nitrogens is 3. The molecule has 0 unspecified atom stereocenters. The summed E-state index contributed by atoms with van der Waals surface area (Å²) in [6.45, 7) is 2.07. The van der Waals surface area contributed by atoms with Gasteiger partial charge in [0, 0.05) is 23.6 Å². The van der Waals surface area contributed by atoms with Crippen LogP contribution >= 0.6 is 11.8 Å². The molecule has 0 saturated carbocycles. The number of fused-ring (bicyclic) bond motifs is 2. The average Bonchev–Trinajstić information content (AvgIpc) is 3.32. The topological polar surface area (TPSA) is 85.6 Å². The van der Waals surface area contributed by atoms with E-state index in [0.29, 0.717) is 17.9 Å². The molecule has 2 heterocycles. The summed E-state index contributed by atoms with van der Waals surface area (Å²) in [5.41, 5.74) is 3.79. The second-order valence-electron chi connectivity index (χ2n) is 7.75. The highest BCUT2D eigenvalue weighted by Crippen LogP contribution is 2.30. The van der Waals surface area contributed by atoms with E-state index >= 15 is 0 Å². The minimum Gasteiger partial charge on any atom is -0.462 e. The molecule has 174 valence electrons. The van der Waals surface area contributed by atoms with Crippen LogP contribution in [0.25, 0.3) is 27.5 Å². The number of thioether (sulfide) groups is 1. The monoisotopic (exact) mass is 482 g/mol. The molecule has 0 aliphatic carbocycles. The molecule has 5 aromatic rings. The molecular formula is C27H22N4O3S. The molecule has 1 amide bonds. The third-order valence-electron chi connectivity index (χ3n) is 5.44. The maximum absolute atomic E-state index is 12.5. The number of carbonyl (C=O) groups is 2. The number of carbonyl (C=O) groups excluding carboxylic acids is 2. The van der Waals surface area contributed by atoms with Gasteiger partial charge in [-0.1, -0.05) is 54.2 Å². The maximum Gasteiger partial charge on any atom is 0.338 e. The zero-order valence-corrected chi connectivity index (χ0v) is 19.8. The lowest BCUT2D eigenvalue weighted by atomic mass is 10.0. The summed E-state index contributed by atoms with van der Waals surface area (Å²) in [7, 11) is 0. The predicted molar refractivity (Wildman–Crippen MR) is 138 cm³/mol. The number of benzene rings is 3. The Morgan fingerprint density at radius 3 is 2.66 bits per heavy atom. The number of hydrogen-bond acceptors (Lipinski definition) is 6. The Bertz CT molecular complexity index is 1520. The van der Waals surface area contributed by atoms with E-state index in [9.17, 15) is 9.59 Å². The van der Waals surface area contributed by atoms with Gasteiger partial charge in [-0.05, 0) is 48.0 Å². The van der Waals surface area contributed by atoms with Crippen LogP contribution in [0.4, 0.5) is 5.69 Å². The fourth-order valence-corrected chi connectivity index (χ4v) is 4.60. The maximum atomic E-state index is 12.5. The van der Waals surface area contributed by atoms with Gasteiger partial charge in [-0.15, -0.1) is 0 Å². The number of nitrogens with zero attached hydrogens (tertiary/aromatic N) is 3. The van der Waals surface area contributed by atoms with E-state index in [0.717, 1.165) is 32.6 Å². The van der Waals surface area contributed by atoms with Crippen molar-refractivity contribution in [2.45, 2.75) is 11.9 Å². The van der Waals surface area contributed by atoms with E-state index in [2.05, 4.69) is 34.6 Å². The minimum absolute atomic E-state index is 0.170. The van der Waals surface area contributed by atoms with Crippen LogP contribution in [0.3, 0.4) is 0 Å². The van der Waals surface area contributed by atoms with Crippen molar-refractivity contribution in [2.24, 2.45) is 0 Å². The van der Waals surface area contributed by atoms with Gasteiger partial charge in [-0.2, -0.15) is 5.10 Å². The van der Waals surface area contributed by atoms with E-state index in [-0.39, 0.29) is 17.6 Å². The summed E-state index contributed by atoms with van der Waals surface area (Å²) >= 11 is 1.35. The number of nitrogens with one attached hydrogen (secondary N) is 1. The lowest BCUT2D eigenvalue weighted by Gasteiger charge is -2.07. The molecule has 0 aliphatic rings. The molecule has 5 rings (SSSR count). The summed E-state index contributed by atoms with van der Waals surface area (Å²) in [5, 5.41) is 10.6. The van der Waals surface area contributed by atoms with Crippen molar-refractivity contribution in [1.29, 1.82) is 0 Å². The van der Waals surface area contributed by atoms with Crippen molar-refractivity contribution < 1.29 is 14.3 Å². The van der Waals surface area contributed by atoms with Gasteiger partial charge in [0.25, 0.3) is 0 Å². The molecule has 0 atom stereocenters. The quantitative estimate of drug-likeness (QED) is 0.245. The van der Waals surface area contributed by atoms with Crippen LogP contribution < -0.4 is 5.32 Å². The second-order valence-corrected chi connectivity index (χ2v) is 8.72. The van der Waals surface area contributed by atoms with Crippen LogP contribution in [0, 0.1) is 0 Å². The Morgan fingerprint density at radius 1 is 1.03 bits per heavy atom. The zero-order valence-electron chi connectivity index (χ0n) is 19.0. The lowest BCUT2D eigenvalue weighted by Crippen LogP contribution is -2.14. The Kier molecular flexibility index (Phi) is 6.45. The normalized spacial score (nSPS) is 11.0. The van der Waals surface area contributed by atoms with E-state index < -0.39 is 0 Å². The van der Waals surface area contributed by atoms with Crippen LogP contribution in [0.2, 0.25) is 0 Å². The minimum atomic E-state index is -0.385. The number of rotatable bonds is 7. The van der Waals surface area contributed by atoms with Crippen LogP contribution in [0.5, 0.6) is 0 Å². The SMILES string of the molecule is CCOC(=O)c1ccc(NC(=O)CSc2nccn3nc(-c4cccc5ccccc45)cc23)cc1. The van der Waals surface area contributed by atoms with Gasteiger partial charge in [0.15, 0.2) is 0 Å². The first-order chi connectivity index (χ1) is 17.1. The molecular weight excluding hydrogens is 460 g/mol. The van der Waals surface area contributed by atoms with Crippen LogP contribution in [0.15, 0.2) is 90.2 Å². The largest absolute Gasteiger partial charge is 0.462 e. The van der Waals surface area contributed by atoms with Gasteiger partial charge < -0.3 is 10.1 Å². The summed E-state index contributed by atoms with van der Waals surface area (Å²) in [4.78, 5) is 28.8. The highest BCUT2D eigenvalue weighted by Gasteiger charge is 2.13. The Morgan fingerprint density at radius 2 is 1.83 bits per heavy atom. The van der Waals surface area contributed by atoms with Gasteiger partial charge in [0.2, 0.25) is 5.91 Å². The van der Waals surface area contributed by atoms with Crippen molar-refractivity contribution in [2.75, 3.05) is 17.7 Å². The van der Waals surface area contributed by atoms with E-state index in [1.807, 2.05) is 24.3 Å². The molecule has 1 N–H and O–H groups in total. The van der Waals surface area contributed by atoms with Crippen molar-refractivity contribution in [3.8, 4) is 11.3 Å². The summed E-state index contributed by atoms with van der Waals surface area (Å²) in [6.07, 6.45) is 3.49. The molecule has 35 heavy (non-hydrogen) atoms. The summed E-state index contributed by atoms with van der Waals surface area (Å²) < 4.78 is 6.77. The molecule has 0 radical (unpaired) electrons. The standard InChI is InChI=1S/C27H22N4O3S/c1-2-34-27(33)19-10-12-20(13-11-19)29-25(32)17-35-26-24-16-23(30-31(24)15-14-28-26)22-9-5-7-18-6-3-4-8-21(18)22/h3-16H,2,17H2,1H3,(H,29,32). The first-order valence-corrected chi connectivity index (χ1v) is 12.1. The van der Waals surface area contributed by atoms with E-state index in [1.165, 1.54) is 11.8 Å². The van der Waals surface area contributed by atoms with E-state index in [4.69, 9.17) is 9.84 Å². The van der Waals surface area contributed by atoms with Gasteiger partial charge >= 0.3 is 5.97 Å². The smallest absolute Gasteiger partial charge is 0.338 e. The molecule has 0 saturated heterocycles. The van der Waals surface area contributed by atoms with Crippen molar-refractivity contribution in [3.63, 3.8) is 0 Å². The van der Waals surface area contributed by atoms with Crippen molar-refractivity contribution in [1.82, 2.24) is 14.6 Å². The zero-order chi connectivity index (χ0) is 24.2. The molecule has 3 aromatic carbocycles. The van der Waals surface area contributed by atoms with Gasteiger partial charge in [0.05, 0.1) is 29.1 Å². The molecule has 8 heteroatoms. The molecule has 0 aliphatic heterocycles. The van der Waals surface area contributed by atoms with Gasteiger partial charge in [-0.25, -0.2) is 14.3 Å². The van der Waals surface area contributed by atoms with Crippen LogP contribution in [-0.2, 0) is 9.53 Å². The predicted octanol–water partition coefficient (Wildman–Crippen LogP) is 5.46. The lowest BCUT2D eigenvalue weighted by molar-refractivity contribution is -0.113. The van der Waals surface area contributed by atoms with Crippen molar-refractivity contribution >= 4 is 45.6 Å². The fourth-order valence-electron chi connectivity index (χ4n) is 3.82. The molecule has 0 spiro atoms. The third kappa shape index (κ3) is 4.88. The van der Waals surface area contributed by atoms with Gasteiger partial charge in [0.1, 0.15) is 5.03 Å². The first-order valence-electron chi connectivity index (χ1n) is 11.1. The average molecular weight is 483 g/mol. The first kappa shape index (κ1) is 22.6. The molecule has 0 bridgehead atoms. The highest BCUT2D eigenvalue weighted by atomic mass is 32.2. The number of ether oxygens (including phenoxy) is 1. The number of hydrogen-bond donors (Lipinski definition) is 1. The Labute approximate surface area is 206 Å². The van der Waals surface area contributed by atoms with Crippen LogP contribution in [0.1, 0.15) is 17.3 Å². The molecule has 0 fully saturated rings. The Hall–Kier alpha value is -4.17. The third-order valence-corrected chi connectivity index (χ3v) is 6.43. The van der Waals surface area contributed by atoms with E-state index in [1.54, 1.807) is 48.1 Å². The summed E-state index contributed by atoms with van der Waals surface area (Å²) in [6, 6.07) is 23.0. The second kappa shape index (κ2) is 9.99. The van der Waals surface area contributed by atoms with Crippen molar-refractivity contribution in [3.05, 3.63) is 90.8 Å². The summed E-state index contributed by atoms with van der Waals surface area (Å²) in [5.74, 6) is -0.374. The number of esters is 1. The number of anilines is 1.